The third-order valence-corrected chi connectivity index (χ3v) is 3.36. The maximum absolute atomic E-state index is 11.6. The Morgan fingerprint density at radius 1 is 1.43 bits per heavy atom. The summed E-state index contributed by atoms with van der Waals surface area (Å²) in [6.45, 7) is -0.657. The Bertz CT molecular complexity index is 615. The molecule has 1 saturated heterocycles. The first-order chi connectivity index (χ1) is 9.69. The Morgan fingerprint density at radius 3 is 2.67 bits per heavy atom. The second kappa shape index (κ2) is 5.81. The van der Waals surface area contributed by atoms with Gasteiger partial charge >= 0.3 is 13.5 Å². The van der Waals surface area contributed by atoms with Crippen LogP contribution < -0.4 is 11.4 Å². The highest BCUT2D eigenvalue weighted by atomic mass is 31.2. The number of nitrogen functional groups attached to an aromatic ring is 1. The monoisotopic (exact) mass is 323 g/mol. The van der Waals surface area contributed by atoms with Crippen LogP contribution in [0.15, 0.2) is 17.1 Å². The van der Waals surface area contributed by atoms with Crippen LogP contribution in [0.1, 0.15) is 6.23 Å². The van der Waals surface area contributed by atoms with E-state index in [0.717, 1.165) is 4.57 Å². The Balaban J connectivity index is 2.16. The molecule has 0 spiro atoms. The lowest BCUT2D eigenvalue weighted by molar-refractivity contribution is -0.0542. The highest BCUT2D eigenvalue weighted by molar-refractivity contribution is 7.46. The number of phosphoric acid groups is 1. The molecule has 1 aliphatic rings. The molecule has 1 aromatic heterocycles. The molecule has 2 heterocycles. The minimum Gasteiger partial charge on any atom is -0.387 e. The zero-order valence-corrected chi connectivity index (χ0v) is 11.4. The number of aromatic nitrogens is 2. The molecular formula is C9H14N3O8P. The number of ether oxygens (including phenoxy) is 1. The number of anilines is 1. The molecule has 0 amide bonds. The summed E-state index contributed by atoms with van der Waals surface area (Å²) in [5.74, 6) is -0.0225. The lowest BCUT2D eigenvalue weighted by atomic mass is 10.1. The normalized spacial score (nSPS) is 29.7. The molecule has 6 N–H and O–H groups in total. The lowest BCUT2D eigenvalue weighted by Crippen LogP contribution is -2.36. The van der Waals surface area contributed by atoms with Gasteiger partial charge in [0, 0.05) is 6.20 Å². The molecule has 0 saturated carbocycles. The van der Waals surface area contributed by atoms with E-state index in [1.807, 2.05) is 0 Å². The summed E-state index contributed by atoms with van der Waals surface area (Å²) in [6.07, 6.45) is -4.27. The van der Waals surface area contributed by atoms with Crippen molar-refractivity contribution in [1.29, 1.82) is 0 Å². The third-order valence-electron chi connectivity index (χ3n) is 2.87. The fourth-order valence-corrected chi connectivity index (χ4v) is 2.23. The molecule has 4 atom stereocenters. The van der Waals surface area contributed by atoms with Gasteiger partial charge in [-0.15, -0.1) is 0 Å². The predicted molar refractivity (Wildman–Crippen MR) is 66.8 cm³/mol. The zero-order chi connectivity index (χ0) is 15.8. The molecule has 2 rings (SSSR count). The van der Waals surface area contributed by atoms with Crippen LogP contribution in [-0.2, 0) is 13.8 Å². The zero-order valence-electron chi connectivity index (χ0n) is 10.5. The SMILES string of the molecule is Nc1ccn(C2O[C@H](COP(=O)(O)O)C(O)C2O)c(=O)n1. The number of rotatable bonds is 4. The summed E-state index contributed by atoms with van der Waals surface area (Å²) in [5, 5.41) is 19.6. The number of nitrogens with two attached hydrogens (primary N) is 1. The van der Waals surface area contributed by atoms with E-state index >= 15 is 0 Å². The number of hydrogen-bond acceptors (Lipinski definition) is 8. The summed E-state index contributed by atoms with van der Waals surface area (Å²) in [5.41, 5.74) is 4.52. The Labute approximate surface area is 117 Å². The molecular weight excluding hydrogens is 309 g/mol. The Morgan fingerprint density at radius 2 is 2.10 bits per heavy atom. The van der Waals surface area contributed by atoms with Gasteiger partial charge in [-0.05, 0) is 6.07 Å². The van der Waals surface area contributed by atoms with E-state index in [9.17, 15) is 19.6 Å². The molecule has 1 fully saturated rings. The van der Waals surface area contributed by atoms with Crippen LogP contribution in [0.3, 0.4) is 0 Å². The van der Waals surface area contributed by atoms with Crippen LogP contribution in [0.5, 0.6) is 0 Å². The highest BCUT2D eigenvalue weighted by Crippen LogP contribution is 2.38. The summed E-state index contributed by atoms with van der Waals surface area (Å²) in [6, 6.07) is 1.29. The van der Waals surface area contributed by atoms with Gasteiger partial charge in [0.15, 0.2) is 6.23 Å². The molecule has 21 heavy (non-hydrogen) atoms. The van der Waals surface area contributed by atoms with E-state index in [0.29, 0.717) is 0 Å². The van der Waals surface area contributed by atoms with E-state index < -0.39 is 44.7 Å². The van der Waals surface area contributed by atoms with Crippen molar-refractivity contribution in [2.24, 2.45) is 0 Å². The molecule has 0 aromatic carbocycles. The van der Waals surface area contributed by atoms with Gasteiger partial charge in [-0.2, -0.15) is 4.98 Å². The Kier molecular flexibility index (Phi) is 4.44. The molecule has 0 bridgehead atoms. The van der Waals surface area contributed by atoms with Gasteiger partial charge in [0.05, 0.1) is 6.61 Å². The van der Waals surface area contributed by atoms with Crippen LogP contribution in [0.25, 0.3) is 0 Å². The third kappa shape index (κ3) is 3.66. The van der Waals surface area contributed by atoms with Gasteiger partial charge in [0.2, 0.25) is 0 Å². The molecule has 0 aliphatic carbocycles. The minimum atomic E-state index is -4.74. The first-order valence-electron chi connectivity index (χ1n) is 5.75. The van der Waals surface area contributed by atoms with E-state index in [1.165, 1.54) is 12.3 Å². The average molecular weight is 323 g/mol. The highest BCUT2D eigenvalue weighted by Gasteiger charge is 2.44. The van der Waals surface area contributed by atoms with Crippen molar-refractivity contribution in [2.45, 2.75) is 24.5 Å². The van der Waals surface area contributed by atoms with Crippen molar-refractivity contribution in [3.05, 3.63) is 22.7 Å². The average Bonchev–Trinajstić information content (AvgIpc) is 2.64. The van der Waals surface area contributed by atoms with Gasteiger partial charge in [-0.1, -0.05) is 0 Å². The molecule has 118 valence electrons. The van der Waals surface area contributed by atoms with Gasteiger partial charge in [0.1, 0.15) is 24.1 Å². The molecule has 1 aliphatic heterocycles. The summed E-state index contributed by atoms with van der Waals surface area (Å²) in [7, 11) is -4.74. The molecule has 1 aromatic rings. The fourth-order valence-electron chi connectivity index (χ4n) is 1.89. The number of aliphatic hydroxyl groups excluding tert-OH is 2. The smallest absolute Gasteiger partial charge is 0.387 e. The quantitative estimate of drug-likeness (QED) is 0.374. The topological polar surface area (TPSA) is 177 Å². The van der Waals surface area contributed by atoms with Crippen LogP contribution >= 0.6 is 7.82 Å². The van der Waals surface area contributed by atoms with Gasteiger partial charge in [-0.3, -0.25) is 9.09 Å². The largest absolute Gasteiger partial charge is 0.469 e. The number of aliphatic hydroxyl groups is 2. The number of nitrogens with zero attached hydrogens (tertiary/aromatic N) is 2. The summed E-state index contributed by atoms with van der Waals surface area (Å²) >= 11 is 0. The second-order valence-corrected chi connectivity index (χ2v) is 5.61. The van der Waals surface area contributed by atoms with Crippen LogP contribution in [-0.4, -0.2) is 54.5 Å². The van der Waals surface area contributed by atoms with Crippen LogP contribution in [0.4, 0.5) is 5.82 Å². The van der Waals surface area contributed by atoms with Crippen molar-refractivity contribution in [3.8, 4) is 0 Å². The molecule has 11 nitrogen and oxygen atoms in total. The number of hydrogen-bond donors (Lipinski definition) is 5. The van der Waals surface area contributed by atoms with E-state index in [2.05, 4.69) is 9.51 Å². The van der Waals surface area contributed by atoms with E-state index in [1.54, 1.807) is 0 Å². The predicted octanol–water partition coefficient (Wildman–Crippen LogP) is -2.45. The van der Waals surface area contributed by atoms with E-state index in [4.69, 9.17) is 20.3 Å². The van der Waals surface area contributed by atoms with Crippen molar-refractivity contribution in [3.63, 3.8) is 0 Å². The second-order valence-electron chi connectivity index (χ2n) is 4.37. The Hall–Kier alpha value is -1.33. The van der Waals surface area contributed by atoms with Crippen molar-refractivity contribution < 1.29 is 33.8 Å². The maximum atomic E-state index is 11.6. The van der Waals surface area contributed by atoms with Gasteiger partial charge in [-0.25, -0.2) is 9.36 Å². The fraction of sp³-hybridized carbons (Fsp3) is 0.556. The molecule has 12 heteroatoms. The van der Waals surface area contributed by atoms with Crippen molar-refractivity contribution in [1.82, 2.24) is 9.55 Å². The van der Waals surface area contributed by atoms with Crippen molar-refractivity contribution in [2.75, 3.05) is 12.3 Å². The first kappa shape index (κ1) is 16.0. The van der Waals surface area contributed by atoms with Crippen LogP contribution in [0, 0.1) is 0 Å². The van der Waals surface area contributed by atoms with Crippen LogP contribution in [0.2, 0.25) is 0 Å². The lowest BCUT2D eigenvalue weighted by Gasteiger charge is -2.16. The maximum Gasteiger partial charge on any atom is 0.469 e. The summed E-state index contributed by atoms with van der Waals surface area (Å²) < 4.78 is 20.9. The molecule has 3 unspecified atom stereocenters. The minimum absolute atomic E-state index is 0.0225. The first-order valence-corrected chi connectivity index (χ1v) is 7.28. The summed E-state index contributed by atoms with van der Waals surface area (Å²) in [4.78, 5) is 32.3. The van der Waals surface area contributed by atoms with Crippen molar-refractivity contribution >= 4 is 13.6 Å². The molecule has 0 radical (unpaired) electrons. The van der Waals surface area contributed by atoms with Gasteiger partial charge in [0.25, 0.3) is 0 Å². The van der Waals surface area contributed by atoms with Gasteiger partial charge < -0.3 is 30.5 Å². The number of phosphoric ester groups is 1. The standard InChI is InChI=1S/C9H14N3O8P/c10-5-1-2-12(9(15)11-5)8-7(14)6(13)4(20-8)3-19-21(16,17)18/h1-2,4,6-8,13-14H,3H2,(H2,10,11,15)(H2,16,17,18)/t4-,6?,7?,8?/m1/s1. The van der Waals surface area contributed by atoms with E-state index in [-0.39, 0.29) is 5.82 Å².